The topological polar surface area (TPSA) is 35.5 Å². The van der Waals surface area contributed by atoms with Crippen LogP contribution in [0.25, 0.3) is 11.1 Å². The van der Waals surface area contributed by atoms with Gasteiger partial charge in [0.2, 0.25) is 0 Å². The monoisotopic (exact) mass is 280 g/mol. The van der Waals surface area contributed by atoms with Gasteiger partial charge in [0.05, 0.1) is 0 Å². The number of hydrogen-bond acceptors (Lipinski definition) is 3. The van der Waals surface area contributed by atoms with Gasteiger partial charge in [0.15, 0.2) is 12.1 Å². The Hall–Kier alpha value is -2.23. The Morgan fingerprint density at radius 3 is 2.29 bits per heavy atom. The number of methoxy groups -OCH3 is 1. The lowest BCUT2D eigenvalue weighted by Crippen LogP contribution is -2.26. The Labute approximate surface area is 123 Å². The Morgan fingerprint density at radius 2 is 1.62 bits per heavy atom. The van der Waals surface area contributed by atoms with Crippen LogP contribution in [0.1, 0.15) is 11.7 Å². The van der Waals surface area contributed by atoms with Gasteiger partial charge in [-0.25, -0.2) is 0 Å². The normalized spacial score (nSPS) is 21.5. The minimum Gasteiger partial charge on any atom is -0.352 e. The van der Waals surface area contributed by atoms with Gasteiger partial charge in [-0.2, -0.15) is 0 Å². The summed E-state index contributed by atoms with van der Waals surface area (Å²) in [6.07, 6.45) is 2.08. The number of carbonyl (C=O) groups is 1. The third-order valence-corrected chi connectivity index (χ3v) is 3.50. The van der Waals surface area contributed by atoms with E-state index < -0.39 is 12.4 Å². The predicted octanol–water partition coefficient (Wildman–Crippen LogP) is 3.52. The molecule has 0 saturated carbocycles. The molecule has 0 fully saturated rings. The van der Waals surface area contributed by atoms with Crippen LogP contribution < -0.4 is 0 Å². The number of ketones is 1. The van der Waals surface area contributed by atoms with Crippen molar-refractivity contribution in [2.45, 2.75) is 12.4 Å². The first-order valence-electron chi connectivity index (χ1n) is 6.83. The molecule has 2 aromatic carbocycles. The third-order valence-electron chi connectivity index (χ3n) is 3.50. The second-order valence-electron chi connectivity index (χ2n) is 4.87. The number of ether oxygens (including phenoxy) is 2. The van der Waals surface area contributed by atoms with Crippen molar-refractivity contribution in [2.24, 2.45) is 0 Å². The molecule has 1 heterocycles. The molecule has 106 valence electrons. The molecular formula is C18H16O3. The molecule has 1 aliphatic rings. The van der Waals surface area contributed by atoms with Gasteiger partial charge >= 0.3 is 0 Å². The molecule has 0 unspecified atom stereocenters. The van der Waals surface area contributed by atoms with Gasteiger partial charge in [-0.3, -0.25) is 4.79 Å². The number of rotatable bonds is 3. The van der Waals surface area contributed by atoms with E-state index in [1.165, 1.54) is 6.08 Å². The van der Waals surface area contributed by atoms with Crippen molar-refractivity contribution in [2.75, 3.05) is 7.11 Å². The summed E-state index contributed by atoms with van der Waals surface area (Å²) in [5, 5.41) is 0. The molecule has 0 bridgehead atoms. The summed E-state index contributed by atoms with van der Waals surface area (Å²) < 4.78 is 10.7. The molecule has 0 spiro atoms. The van der Waals surface area contributed by atoms with Gasteiger partial charge in [0.1, 0.15) is 6.10 Å². The van der Waals surface area contributed by atoms with Crippen molar-refractivity contribution in [3.8, 4) is 11.1 Å². The maximum atomic E-state index is 11.9. The van der Waals surface area contributed by atoms with Crippen LogP contribution in [0.3, 0.4) is 0 Å². The minimum absolute atomic E-state index is 0.0595. The maximum absolute atomic E-state index is 11.9. The van der Waals surface area contributed by atoms with Gasteiger partial charge in [-0.05, 0) is 28.8 Å². The average molecular weight is 280 g/mol. The highest BCUT2D eigenvalue weighted by atomic mass is 16.7. The van der Waals surface area contributed by atoms with Gasteiger partial charge in [-0.1, -0.05) is 54.6 Å². The van der Waals surface area contributed by atoms with Crippen LogP contribution in [0.15, 0.2) is 66.7 Å². The van der Waals surface area contributed by atoms with Gasteiger partial charge in [0, 0.05) is 7.11 Å². The molecule has 0 radical (unpaired) electrons. The molecule has 3 nitrogen and oxygen atoms in total. The summed E-state index contributed by atoms with van der Waals surface area (Å²) in [5.74, 6) is -0.0595. The molecule has 2 aromatic rings. The Balaban J connectivity index is 1.84. The second kappa shape index (κ2) is 6.04. The fourth-order valence-electron chi connectivity index (χ4n) is 2.37. The highest BCUT2D eigenvalue weighted by molar-refractivity contribution is 5.95. The maximum Gasteiger partial charge on any atom is 0.188 e. The molecule has 1 aliphatic heterocycles. The lowest BCUT2D eigenvalue weighted by atomic mass is 9.99. The zero-order valence-electron chi connectivity index (χ0n) is 11.7. The van der Waals surface area contributed by atoms with E-state index in [4.69, 9.17) is 9.47 Å². The summed E-state index contributed by atoms with van der Waals surface area (Å²) in [7, 11) is 1.56. The van der Waals surface area contributed by atoms with Crippen molar-refractivity contribution in [3.05, 3.63) is 72.3 Å². The molecule has 0 N–H and O–H groups in total. The van der Waals surface area contributed by atoms with Crippen LogP contribution in [0.5, 0.6) is 0 Å². The van der Waals surface area contributed by atoms with E-state index in [0.29, 0.717) is 0 Å². The van der Waals surface area contributed by atoms with Crippen LogP contribution in [0.2, 0.25) is 0 Å². The van der Waals surface area contributed by atoms with E-state index in [9.17, 15) is 4.79 Å². The standard InChI is InChI=1S/C18H16O3/c1-20-17-12-11-16(19)18(21-17)15-9-7-14(8-10-15)13-5-3-2-4-6-13/h2-12,17-18H,1H3/t17-,18+/m1/s1. The zero-order valence-corrected chi connectivity index (χ0v) is 11.7. The van der Waals surface area contributed by atoms with Crippen molar-refractivity contribution < 1.29 is 14.3 Å². The van der Waals surface area contributed by atoms with Crippen LogP contribution in [-0.4, -0.2) is 19.2 Å². The lowest BCUT2D eigenvalue weighted by Gasteiger charge is -2.24. The largest absolute Gasteiger partial charge is 0.352 e. The molecule has 2 atom stereocenters. The smallest absolute Gasteiger partial charge is 0.188 e. The molecular weight excluding hydrogens is 264 g/mol. The van der Waals surface area contributed by atoms with E-state index in [1.54, 1.807) is 13.2 Å². The van der Waals surface area contributed by atoms with E-state index in [1.807, 2.05) is 42.5 Å². The first kappa shape index (κ1) is 13.7. The van der Waals surface area contributed by atoms with Crippen molar-refractivity contribution >= 4 is 5.78 Å². The van der Waals surface area contributed by atoms with Crippen molar-refractivity contribution in [1.29, 1.82) is 0 Å². The second-order valence-corrected chi connectivity index (χ2v) is 4.87. The van der Waals surface area contributed by atoms with Gasteiger partial charge in [0.25, 0.3) is 0 Å². The van der Waals surface area contributed by atoms with Crippen LogP contribution >= 0.6 is 0 Å². The van der Waals surface area contributed by atoms with Crippen molar-refractivity contribution in [3.63, 3.8) is 0 Å². The molecule has 0 aliphatic carbocycles. The van der Waals surface area contributed by atoms with Crippen LogP contribution in [0, 0.1) is 0 Å². The average Bonchev–Trinajstić information content (AvgIpc) is 2.56. The molecule has 3 heteroatoms. The van der Waals surface area contributed by atoms with E-state index in [0.717, 1.165) is 16.7 Å². The number of carbonyl (C=O) groups excluding carboxylic acids is 1. The van der Waals surface area contributed by atoms with E-state index in [-0.39, 0.29) is 5.78 Å². The predicted molar refractivity (Wildman–Crippen MR) is 80.6 cm³/mol. The zero-order chi connectivity index (χ0) is 14.7. The van der Waals surface area contributed by atoms with Crippen LogP contribution in [0.4, 0.5) is 0 Å². The summed E-state index contributed by atoms with van der Waals surface area (Å²) in [6, 6.07) is 18.0. The van der Waals surface area contributed by atoms with E-state index in [2.05, 4.69) is 12.1 Å². The summed E-state index contributed by atoms with van der Waals surface area (Å²) in [4.78, 5) is 11.9. The summed E-state index contributed by atoms with van der Waals surface area (Å²) in [5.41, 5.74) is 3.10. The number of benzene rings is 2. The first-order valence-corrected chi connectivity index (χ1v) is 6.83. The molecule has 3 rings (SSSR count). The highest BCUT2D eigenvalue weighted by Gasteiger charge is 2.26. The summed E-state index contributed by atoms with van der Waals surface area (Å²) >= 11 is 0. The SMILES string of the molecule is CO[C@H]1C=CC(=O)[C@H](c2ccc(-c3ccccc3)cc2)O1. The fourth-order valence-corrected chi connectivity index (χ4v) is 2.37. The van der Waals surface area contributed by atoms with Crippen LogP contribution in [-0.2, 0) is 14.3 Å². The molecule has 21 heavy (non-hydrogen) atoms. The lowest BCUT2D eigenvalue weighted by molar-refractivity contribution is -0.156. The Morgan fingerprint density at radius 1 is 0.952 bits per heavy atom. The quantitative estimate of drug-likeness (QED) is 0.863. The number of hydrogen-bond donors (Lipinski definition) is 0. The third kappa shape index (κ3) is 2.94. The molecule has 0 aromatic heterocycles. The minimum atomic E-state index is -0.593. The Bertz CT molecular complexity index is 644. The molecule has 0 saturated heterocycles. The first-order chi connectivity index (χ1) is 10.3. The Kier molecular flexibility index (Phi) is 3.95. The van der Waals surface area contributed by atoms with Crippen molar-refractivity contribution in [1.82, 2.24) is 0 Å². The van der Waals surface area contributed by atoms with E-state index >= 15 is 0 Å². The van der Waals surface area contributed by atoms with Gasteiger partial charge < -0.3 is 9.47 Å². The molecule has 0 amide bonds. The van der Waals surface area contributed by atoms with Gasteiger partial charge in [-0.15, -0.1) is 0 Å². The summed E-state index contributed by atoms with van der Waals surface area (Å²) in [6.45, 7) is 0. The fraction of sp³-hybridized carbons (Fsp3) is 0.167. The highest BCUT2D eigenvalue weighted by Crippen LogP contribution is 2.27.